The quantitative estimate of drug-likeness (QED) is 0.342. The number of piperazine rings is 1. The lowest BCUT2D eigenvalue weighted by Crippen LogP contribution is -2.46. The summed E-state index contributed by atoms with van der Waals surface area (Å²) in [5.41, 5.74) is 1.56. The molecule has 0 radical (unpaired) electrons. The van der Waals surface area contributed by atoms with Crippen LogP contribution in [0, 0.1) is 0 Å². The lowest BCUT2D eigenvalue weighted by atomic mass is 10.1. The zero-order chi connectivity index (χ0) is 21.0. The topological polar surface area (TPSA) is 45.9 Å². The molecule has 5 rings (SSSR count). The second kappa shape index (κ2) is 8.82. The third-order valence-corrected chi connectivity index (χ3v) is 5.96. The second-order valence-electron chi connectivity index (χ2n) is 7.98. The standard InChI is InChI=1S/C26H26N2O3/c29-26-12-10-21-9-11-22(19-25(21)31-26)30-18-4-13-27-14-16-28(17-15-27)24-8-3-6-20-5-1-2-7-23(20)24/h1-3,5-12,19H,4,13-18H2. The Kier molecular flexibility index (Phi) is 5.59. The van der Waals surface area contributed by atoms with Gasteiger partial charge in [0.05, 0.1) is 6.61 Å². The van der Waals surface area contributed by atoms with E-state index in [4.69, 9.17) is 9.15 Å². The second-order valence-corrected chi connectivity index (χ2v) is 7.98. The lowest BCUT2D eigenvalue weighted by Gasteiger charge is -2.36. The van der Waals surface area contributed by atoms with Crippen LogP contribution in [0.15, 0.2) is 82.0 Å². The van der Waals surface area contributed by atoms with Crippen molar-refractivity contribution in [2.45, 2.75) is 6.42 Å². The van der Waals surface area contributed by atoms with Crippen molar-refractivity contribution in [3.8, 4) is 5.75 Å². The van der Waals surface area contributed by atoms with Crippen molar-refractivity contribution in [2.75, 3.05) is 44.2 Å². The van der Waals surface area contributed by atoms with Crippen LogP contribution in [0.3, 0.4) is 0 Å². The van der Waals surface area contributed by atoms with Gasteiger partial charge in [-0.3, -0.25) is 4.90 Å². The summed E-state index contributed by atoms with van der Waals surface area (Å²) in [7, 11) is 0. The summed E-state index contributed by atoms with van der Waals surface area (Å²) in [5.74, 6) is 0.739. The predicted octanol–water partition coefficient (Wildman–Crippen LogP) is 4.54. The van der Waals surface area contributed by atoms with E-state index < -0.39 is 0 Å². The van der Waals surface area contributed by atoms with Crippen molar-refractivity contribution in [3.63, 3.8) is 0 Å². The van der Waals surface area contributed by atoms with Crippen molar-refractivity contribution in [1.29, 1.82) is 0 Å². The Hall–Kier alpha value is -3.31. The fourth-order valence-corrected chi connectivity index (χ4v) is 4.31. The minimum atomic E-state index is -0.340. The highest BCUT2D eigenvalue weighted by molar-refractivity contribution is 5.94. The lowest BCUT2D eigenvalue weighted by molar-refractivity contribution is 0.225. The van der Waals surface area contributed by atoms with Gasteiger partial charge < -0.3 is 14.1 Å². The molecule has 0 spiro atoms. The van der Waals surface area contributed by atoms with Crippen LogP contribution in [0.2, 0.25) is 0 Å². The molecule has 0 bridgehead atoms. The first-order chi connectivity index (χ1) is 15.3. The van der Waals surface area contributed by atoms with Crippen LogP contribution >= 0.6 is 0 Å². The Balaban J connectivity index is 1.11. The molecule has 1 aromatic heterocycles. The number of rotatable bonds is 6. The average molecular weight is 415 g/mol. The Labute approximate surface area is 181 Å². The number of anilines is 1. The molecule has 4 aromatic rings. The summed E-state index contributed by atoms with van der Waals surface area (Å²) in [6.45, 7) is 5.87. The van der Waals surface area contributed by atoms with E-state index in [1.807, 2.05) is 12.1 Å². The Morgan fingerprint density at radius 1 is 0.839 bits per heavy atom. The summed E-state index contributed by atoms with van der Waals surface area (Å²) in [4.78, 5) is 16.4. The van der Waals surface area contributed by atoms with Gasteiger partial charge in [-0.1, -0.05) is 36.4 Å². The van der Waals surface area contributed by atoms with Crippen molar-refractivity contribution >= 4 is 27.4 Å². The van der Waals surface area contributed by atoms with E-state index in [2.05, 4.69) is 52.3 Å². The molecule has 1 aliphatic heterocycles. The number of nitrogens with zero attached hydrogens (tertiary/aromatic N) is 2. The minimum absolute atomic E-state index is 0.340. The first-order valence-electron chi connectivity index (χ1n) is 10.9. The molecule has 1 fully saturated rings. The molecule has 0 N–H and O–H groups in total. The molecule has 5 nitrogen and oxygen atoms in total. The first kappa shape index (κ1) is 19.6. The van der Waals surface area contributed by atoms with Crippen molar-refractivity contribution in [2.24, 2.45) is 0 Å². The van der Waals surface area contributed by atoms with Crippen LogP contribution in [0.5, 0.6) is 5.75 Å². The maximum absolute atomic E-state index is 11.4. The molecule has 1 aliphatic rings. The van der Waals surface area contributed by atoms with Crippen LogP contribution in [-0.4, -0.2) is 44.2 Å². The van der Waals surface area contributed by atoms with Crippen molar-refractivity contribution < 1.29 is 9.15 Å². The Morgan fingerprint density at radius 2 is 1.65 bits per heavy atom. The highest BCUT2D eigenvalue weighted by Gasteiger charge is 2.18. The molecule has 0 aliphatic carbocycles. The van der Waals surface area contributed by atoms with Gasteiger partial charge in [-0.05, 0) is 36.1 Å². The van der Waals surface area contributed by atoms with Gasteiger partial charge in [0, 0.05) is 61.3 Å². The normalized spacial score (nSPS) is 14.9. The predicted molar refractivity (Wildman–Crippen MR) is 125 cm³/mol. The van der Waals surface area contributed by atoms with Crippen LogP contribution in [0.1, 0.15) is 6.42 Å². The maximum Gasteiger partial charge on any atom is 0.336 e. The maximum atomic E-state index is 11.4. The van der Waals surface area contributed by atoms with Gasteiger partial charge in [0.2, 0.25) is 0 Å². The van der Waals surface area contributed by atoms with E-state index >= 15 is 0 Å². The molecule has 0 unspecified atom stereocenters. The van der Waals surface area contributed by atoms with E-state index in [-0.39, 0.29) is 5.63 Å². The van der Waals surface area contributed by atoms with E-state index in [0.717, 1.165) is 50.3 Å². The third-order valence-electron chi connectivity index (χ3n) is 5.96. The summed E-state index contributed by atoms with van der Waals surface area (Å²) in [6, 6.07) is 24.0. The Morgan fingerprint density at radius 3 is 2.55 bits per heavy atom. The number of hydrogen-bond acceptors (Lipinski definition) is 5. The van der Waals surface area contributed by atoms with Gasteiger partial charge in [-0.25, -0.2) is 4.79 Å². The summed E-state index contributed by atoms with van der Waals surface area (Å²) in [6.07, 6.45) is 0.963. The highest BCUT2D eigenvalue weighted by atomic mass is 16.5. The van der Waals surface area contributed by atoms with E-state index in [1.165, 1.54) is 22.5 Å². The number of benzene rings is 3. The monoisotopic (exact) mass is 414 g/mol. The molecule has 0 amide bonds. The molecule has 3 aromatic carbocycles. The summed E-state index contributed by atoms with van der Waals surface area (Å²) in [5, 5.41) is 3.53. The summed E-state index contributed by atoms with van der Waals surface area (Å²) >= 11 is 0. The zero-order valence-corrected chi connectivity index (χ0v) is 17.5. The van der Waals surface area contributed by atoms with Gasteiger partial charge >= 0.3 is 5.63 Å². The van der Waals surface area contributed by atoms with Gasteiger partial charge in [0.1, 0.15) is 11.3 Å². The number of ether oxygens (including phenoxy) is 1. The zero-order valence-electron chi connectivity index (χ0n) is 17.5. The number of fused-ring (bicyclic) bond motifs is 2. The van der Waals surface area contributed by atoms with E-state index in [9.17, 15) is 4.79 Å². The van der Waals surface area contributed by atoms with E-state index in [0.29, 0.717) is 12.2 Å². The fourth-order valence-electron chi connectivity index (χ4n) is 4.31. The molecule has 1 saturated heterocycles. The summed E-state index contributed by atoms with van der Waals surface area (Å²) < 4.78 is 11.1. The molecule has 158 valence electrons. The van der Waals surface area contributed by atoms with Crippen LogP contribution in [0.25, 0.3) is 21.7 Å². The average Bonchev–Trinajstić information content (AvgIpc) is 2.81. The molecule has 0 atom stereocenters. The first-order valence-corrected chi connectivity index (χ1v) is 10.9. The van der Waals surface area contributed by atoms with Crippen molar-refractivity contribution in [1.82, 2.24) is 4.90 Å². The van der Waals surface area contributed by atoms with Gasteiger partial charge in [-0.15, -0.1) is 0 Å². The molecular weight excluding hydrogens is 388 g/mol. The smallest absolute Gasteiger partial charge is 0.336 e. The number of hydrogen-bond donors (Lipinski definition) is 0. The minimum Gasteiger partial charge on any atom is -0.493 e. The Bertz CT molecular complexity index is 1240. The van der Waals surface area contributed by atoms with Gasteiger partial charge in [0.15, 0.2) is 0 Å². The van der Waals surface area contributed by atoms with Crippen LogP contribution in [-0.2, 0) is 0 Å². The van der Waals surface area contributed by atoms with Gasteiger partial charge in [0.25, 0.3) is 0 Å². The van der Waals surface area contributed by atoms with E-state index in [1.54, 1.807) is 12.1 Å². The van der Waals surface area contributed by atoms with Crippen molar-refractivity contribution in [3.05, 3.63) is 83.2 Å². The molecule has 5 heteroatoms. The highest BCUT2D eigenvalue weighted by Crippen LogP contribution is 2.27. The molecule has 0 saturated carbocycles. The fraction of sp³-hybridized carbons (Fsp3) is 0.269. The molecule has 31 heavy (non-hydrogen) atoms. The van der Waals surface area contributed by atoms with Crippen LogP contribution in [0.4, 0.5) is 5.69 Å². The molecular formula is C26H26N2O3. The third kappa shape index (κ3) is 4.42. The largest absolute Gasteiger partial charge is 0.493 e. The molecule has 2 heterocycles. The van der Waals surface area contributed by atoms with Gasteiger partial charge in [-0.2, -0.15) is 0 Å². The van der Waals surface area contributed by atoms with Crippen LogP contribution < -0.4 is 15.3 Å². The SMILES string of the molecule is O=c1ccc2ccc(OCCCN3CCN(c4cccc5ccccc45)CC3)cc2o1.